The molecule has 1 amide bonds. The number of amides is 1. The third kappa shape index (κ3) is 5.29. The van der Waals surface area contributed by atoms with E-state index in [4.69, 9.17) is 15.2 Å². The number of esters is 1. The number of nitrogens with one attached hydrogen (secondary N) is 1. The van der Waals surface area contributed by atoms with Gasteiger partial charge < -0.3 is 25.4 Å². The second-order valence-electron chi connectivity index (χ2n) is 8.26. The summed E-state index contributed by atoms with van der Waals surface area (Å²) < 4.78 is 12.0. The van der Waals surface area contributed by atoms with E-state index in [9.17, 15) is 9.59 Å². The van der Waals surface area contributed by atoms with Gasteiger partial charge in [-0.2, -0.15) is 0 Å². The average Bonchev–Trinajstić information content (AvgIpc) is 3.24. The molecule has 0 saturated carbocycles. The van der Waals surface area contributed by atoms with E-state index in [1.807, 2.05) is 17.5 Å². The van der Waals surface area contributed by atoms with Crippen LogP contribution in [0, 0.1) is 0 Å². The van der Waals surface area contributed by atoms with Crippen molar-refractivity contribution in [2.45, 2.75) is 32.4 Å². The Balaban J connectivity index is 1.46. The molecule has 4 rings (SSSR count). The first-order valence-electron chi connectivity index (χ1n) is 11.1. The van der Waals surface area contributed by atoms with Crippen molar-refractivity contribution in [1.82, 2.24) is 10.2 Å². The summed E-state index contributed by atoms with van der Waals surface area (Å²) in [6.45, 7) is 4.35. The molecule has 3 N–H and O–H groups in total. The fourth-order valence-electron chi connectivity index (χ4n) is 4.03. The second-order valence-corrected chi connectivity index (χ2v) is 9.14. The number of carbonyl (C=O) groups excluding carboxylic acids is 2. The molecule has 0 bridgehead atoms. The zero-order valence-electron chi connectivity index (χ0n) is 18.9. The Morgan fingerprint density at radius 2 is 2.00 bits per heavy atom. The van der Waals surface area contributed by atoms with Crippen LogP contribution in [-0.4, -0.2) is 49.6 Å². The largest absolute Gasteiger partial charge is 0.489 e. The molecule has 33 heavy (non-hydrogen) atoms. The van der Waals surface area contributed by atoms with Gasteiger partial charge in [0.05, 0.1) is 16.9 Å². The number of nitrogen functional groups attached to an aromatic ring is 1. The first-order chi connectivity index (χ1) is 16.0. The molecular formula is C25H29N3O4S. The maximum absolute atomic E-state index is 12.7. The van der Waals surface area contributed by atoms with Gasteiger partial charge in [-0.25, -0.2) is 4.79 Å². The molecule has 1 aliphatic rings. The monoisotopic (exact) mass is 467 g/mol. The lowest BCUT2D eigenvalue weighted by Gasteiger charge is -2.29. The lowest BCUT2D eigenvalue weighted by molar-refractivity contribution is 0.0528. The van der Waals surface area contributed by atoms with Crippen molar-refractivity contribution in [2.75, 3.05) is 32.5 Å². The molecule has 2 heterocycles. The van der Waals surface area contributed by atoms with E-state index in [2.05, 4.69) is 17.3 Å². The molecule has 0 unspecified atom stereocenters. The Hall–Kier alpha value is -3.10. The predicted octanol–water partition coefficient (Wildman–Crippen LogP) is 4.06. The Morgan fingerprint density at radius 1 is 1.21 bits per heavy atom. The van der Waals surface area contributed by atoms with Crippen molar-refractivity contribution in [3.63, 3.8) is 0 Å². The number of hydrogen-bond acceptors (Lipinski definition) is 7. The number of carbonyl (C=O) groups is 2. The van der Waals surface area contributed by atoms with E-state index in [0.717, 1.165) is 41.6 Å². The lowest BCUT2D eigenvalue weighted by Crippen LogP contribution is -2.43. The van der Waals surface area contributed by atoms with Crippen LogP contribution in [0.5, 0.6) is 5.75 Å². The van der Waals surface area contributed by atoms with Crippen LogP contribution in [0.1, 0.15) is 46.0 Å². The first kappa shape index (κ1) is 23.1. The van der Waals surface area contributed by atoms with Crippen LogP contribution < -0.4 is 15.8 Å². The molecule has 3 aromatic rings. The summed E-state index contributed by atoms with van der Waals surface area (Å²) in [6.07, 6.45) is 1.91. The zero-order chi connectivity index (χ0) is 23.4. The van der Waals surface area contributed by atoms with Crippen LogP contribution in [-0.2, 0) is 11.3 Å². The van der Waals surface area contributed by atoms with Gasteiger partial charge in [0.1, 0.15) is 12.4 Å². The summed E-state index contributed by atoms with van der Waals surface area (Å²) >= 11 is 1.44. The van der Waals surface area contributed by atoms with Gasteiger partial charge in [0.2, 0.25) is 0 Å². The predicted molar refractivity (Wildman–Crippen MR) is 131 cm³/mol. The van der Waals surface area contributed by atoms with Gasteiger partial charge in [0.25, 0.3) is 5.91 Å². The van der Waals surface area contributed by atoms with E-state index in [1.54, 1.807) is 31.2 Å². The molecule has 0 spiro atoms. The number of thiophene rings is 1. The summed E-state index contributed by atoms with van der Waals surface area (Å²) in [4.78, 5) is 27.3. The molecule has 8 heteroatoms. The van der Waals surface area contributed by atoms with Gasteiger partial charge in [-0.3, -0.25) is 4.79 Å². The average molecular weight is 468 g/mol. The number of rotatable bonds is 7. The molecule has 1 aromatic heterocycles. The highest BCUT2D eigenvalue weighted by Gasteiger charge is 2.20. The molecule has 1 fully saturated rings. The van der Waals surface area contributed by atoms with Gasteiger partial charge in [0, 0.05) is 28.2 Å². The third-order valence-electron chi connectivity index (χ3n) is 5.87. The fourth-order valence-corrected chi connectivity index (χ4v) is 5.12. The molecule has 174 valence electrons. The van der Waals surface area contributed by atoms with E-state index in [-0.39, 0.29) is 24.5 Å². The Kier molecular flexibility index (Phi) is 7.15. The summed E-state index contributed by atoms with van der Waals surface area (Å²) in [6, 6.07) is 10.8. The van der Waals surface area contributed by atoms with E-state index < -0.39 is 0 Å². The number of nitrogens with zero attached hydrogens (tertiary/aromatic N) is 1. The first-order valence-corrected chi connectivity index (χ1v) is 12.0. The van der Waals surface area contributed by atoms with Gasteiger partial charge in [-0.15, -0.1) is 11.3 Å². The van der Waals surface area contributed by atoms with Crippen LogP contribution in [0.2, 0.25) is 0 Å². The zero-order valence-corrected chi connectivity index (χ0v) is 19.7. The summed E-state index contributed by atoms with van der Waals surface area (Å²) in [5.41, 5.74) is 8.77. The van der Waals surface area contributed by atoms with Crippen molar-refractivity contribution in [1.29, 1.82) is 0 Å². The fraction of sp³-hybridized carbons (Fsp3) is 0.360. The Labute approximate surface area is 197 Å². The Morgan fingerprint density at radius 3 is 2.76 bits per heavy atom. The minimum atomic E-state index is -0.361. The highest BCUT2D eigenvalue weighted by Crippen LogP contribution is 2.34. The smallest absolute Gasteiger partial charge is 0.339 e. The quantitative estimate of drug-likeness (QED) is 0.402. The number of ether oxygens (including phenoxy) is 2. The normalized spacial score (nSPS) is 14.8. The standard InChI is InChI=1S/C25H29N3O4S/c1-3-31-25(30)20-7-8-21(26)22-17(15-33-23(20)22)14-32-19-6-4-5-16(13-19)24(29)27-18-9-11-28(2)12-10-18/h4-8,13,15,18H,3,9-12,14,26H2,1-2H3,(H,27,29). The number of piperidine rings is 1. The van der Waals surface area contributed by atoms with Crippen LogP contribution in [0.25, 0.3) is 10.1 Å². The molecule has 1 saturated heterocycles. The van der Waals surface area contributed by atoms with Crippen molar-refractivity contribution < 1.29 is 19.1 Å². The van der Waals surface area contributed by atoms with Gasteiger partial charge >= 0.3 is 5.97 Å². The Bertz CT molecular complexity index is 1150. The number of likely N-dealkylation sites (tertiary alicyclic amines) is 1. The van der Waals surface area contributed by atoms with Crippen LogP contribution in [0.15, 0.2) is 41.8 Å². The number of benzene rings is 2. The summed E-state index contributed by atoms with van der Waals surface area (Å²) in [5, 5.41) is 5.88. The van der Waals surface area contributed by atoms with E-state index in [0.29, 0.717) is 29.2 Å². The summed E-state index contributed by atoms with van der Waals surface area (Å²) in [5.74, 6) is 0.157. The van der Waals surface area contributed by atoms with Crippen molar-refractivity contribution in [2.24, 2.45) is 0 Å². The van der Waals surface area contributed by atoms with E-state index in [1.165, 1.54) is 11.3 Å². The highest BCUT2D eigenvalue weighted by atomic mass is 32.1. The SMILES string of the molecule is CCOC(=O)c1ccc(N)c2c(COc3cccc(C(=O)NC4CCN(C)CC4)c3)csc12. The van der Waals surface area contributed by atoms with Gasteiger partial charge in [-0.1, -0.05) is 6.07 Å². The van der Waals surface area contributed by atoms with Crippen molar-refractivity contribution in [3.05, 3.63) is 58.5 Å². The molecule has 0 atom stereocenters. The molecule has 2 aromatic carbocycles. The maximum Gasteiger partial charge on any atom is 0.339 e. The molecule has 0 aliphatic carbocycles. The van der Waals surface area contributed by atoms with Crippen LogP contribution in [0.4, 0.5) is 5.69 Å². The molecule has 1 aliphatic heterocycles. The van der Waals surface area contributed by atoms with Crippen LogP contribution in [0.3, 0.4) is 0 Å². The van der Waals surface area contributed by atoms with Gasteiger partial charge in [-0.05, 0) is 75.6 Å². The van der Waals surface area contributed by atoms with Crippen LogP contribution >= 0.6 is 11.3 Å². The molecular weight excluding hydrogens is 438 g/mol. The topological polar surface area (TPSA) is 93.9 Å². The number of nitrogens with two attached hydrogens (primary N) is 1. The lowest BCUT2D eigenvalue weighted by atomic mass is 10.0. The highest BCUT2D eigenvalue weighted by molar-refractivity contribution is 7.18. The maximum atomic E-state index is 12.7. The minimum Gasteiger partial charge on any atom is -0.489 e. The van der Waals surface area contributed by atoms with Crippen molar-refractivity contribution >= 4 is 39.0 Å². The second kappa shape index (κ2) is 10.2. The minimum absolute atomic E-state index is 0.0840. The third-order valence-corrected chi connectivity index (χ3v) is 6.93. The molecule has 7 nitrogen and oxygen atoms in total. The molecule has 0 radical (unpaired) electrons. The number of anilines is 1. The van der Waals surface area contributed by atoms with Gasteiger partial charge in [0.15, 0.2) is 0 Å². The summed E-state index contributed by atoms with van der Waals surface area (Å²) in [7, 11) is 2.10. The number of hydrogen-bond donors (Lipinski definition) is 2. The van der Waals surface area contributed by atoms with E-state index >= 15 is 0 Å². The van der Waals surface area contributed by atoms with Crippen molar-refractivity contribution in [3.8, 4) is 5.75 Å². The number of fused-ring (bicyclic) bond motifs is 1.